The van der Waals surface area contributed by atoms with Gasteiger partial charge >= 0.3 is 0 Å². The van der Waals surface area contributed by atoms with Gasteiger partial charge in [-0.3, -0.25) is 0 Å². The summed E-state index contributed by atoms with van der Waals surface area (Å²) in [4.78, 5) is 6.87. The molecule has 1 fully saturated rings. The first-order chi connectivity index (χ1) is 9.08. The van der Waals surface area contributed by atoms with Crippen molar-refractivity contribution in [1.82, 2.24) is 4.98 Å². The van der Waals surface area contributed by atoms with Crippen molar-refractivity contribution in [2.24, 2.45) is 5.73 Å². The summed E-state index contributed by atoms with van der Waals surface area (Å²) in [7, 11) is 0. The first-order valence-corrected chi connectivity index (χ1v) is 7.19. The quantitative estimate of drug-likeness (QED) is 0.902. The molecule has 2 N–H and O–H groups in total. The zero-order chi connectivity index (χ0) is 13.8. The third kappa shape index (κ3) is 3.91. The van der Waals surface area contributed by atoms with Gasteiger partial charge in [0, 0.05) is 25.3 Å². The molecule has 0 bridgehead atoms. The fourth-order valence-electron chi connectivity index (χ4n) is 2.54. The van der Waals surface area contributed by atoms with Crippen LogP contribution in [0.4, 0.5) is 5.82 Å². The number of hydrogen-bond acceptors (Lipinski definition) is 4. The zero-order valence-electron chi connectivity index (χ0n) is 12.2. The Balaban J connectivity index is 2.01. The van der Waals surface area contributed by atoms with E-state index in [-0.39, 0.29) is 18.2 Å². The number of anilines is 1. The Hall–Kier alpha value is -1.13. The second-order valence-electron chi connectivity index (χ2n) is 5.56. The molecule has 4 nitrogen and oxygen atoms in total. The number of pyridine rings is 1. The number of hydrogen-bond donors (Lipinski definition) is 1. The monoisotopic (exact) mass is 263 g/mol. The highest BCUT2D eigenvalue weighted by Gasteiger charge is 2.22. The lowest BCUT2D eigenvalue weighted by atomic mass is 10.1. The van der Waals surface area contributed by atoms with Crippen molar-refractivity contribution < 1.29 is 4.74 Å². The molecule has 0 radical (unpaired) electrons. The van der Waals surface area contributed by atoms with Gasteiger partial charge < -0.3 is 15.4 Å². The van der Waals surface area contributed by atoms with Crippen molar-refractivity contribution in [1.29, 1.82) is 0 Å². The molecule has 0 spiro atoms. The summed E-state index contributed by atoms with van der Waals surface area (Å²) in [5, 5.41) is 0. The van der Waals surface area contributed by atoms with Gasteiger partial charge in [0.2, 0.25) is 0 Å². The summed E-state index contributed by atoms with van der Waals surface area (Å²) >= 11 is 0. The van der Waals surface area contributed by atoms with Crippen molar-refractivity contribution in [3.63, 3.8) is 0 Å². The van der Waals surface area contributed by atoms with Crippen LogP contribution in [0.15, 0.2) is 18.3 Å². The van der Waals surface area contributed by atoms with Crippen molar-refractivity contribution in [2.45, 2.75) is 51.9 Å². The third-order valence-electron chi connectivity index (χ3n) is 3.57. The number of aromatic nitrogens is 1. The van der Waals surface area contributed by atoms with Crippen LogP contribution in [-0.4, -0.2) is 36.3 Å². The van der Waals surface area contributed by atoms with Gasteiger partial charge in [-0.1, -0.05) is 13.0 Å². The van der Waals surface area contributed by atoms with Crippen molar-refractivity contribution in [2.75, 3.05) is 18.0 Å². The van der Waals surface area contributed by atoms with Crippen molar-refractivity contribution in [3.8, 4) is 0 Å². The van der Waals surface area contributed by atoms with Crippen LogP contribution < -0.4 is 10.6 Å². The maximum Gasteiger partial charge on any atom is 0.128 e. The van der Waals surface area contributed by atoms with Gasteiger partial charge in [0.15, 0.2) is 0 Å². The van der Waals surface area contributed by atoms with E-state index in [0.717, 1.165) is 31.7 Å². The molecule has 3 atom stereocenters. The molecule has 0 saturated carbocycles. The van der Waals surface area contributed by atoms with E-state index in [4.69, 9.17) is 10.5 Å². The Bertz CT molecular complexity index is 383. The van der Waals surface area contributed by atoms with Crippen LogP contribution in [0, 0.1) is 0 Å². The molecule has 2 rings (SSSR count). The van der Waals surface area contributed by atoms with E-state index >= 15 is 0 Å². The van der Waals surface area contributed by atoms with Crippen molar-refractivity contribution in [3.05, 3.63) is 23.9 Å². The molecular formula is C15H25N3O. The van der Waals surface area contributed by atoms with Gasteiger partial charge in [-0.25, -0.2) is 4.98 Å². The SMILES string of the molecule is CCC(N)Cc1ccc(N2CC(C)OC(C)C2)nc1. The van der Waals surface area contributed by atoms with E-state index in [9.17, 15) is 0 Å². The fraction of sp³-hybridized carbons (Fsp3) is 0.667. The van der Waals surface area contributed by atoms with Crippen LogP contribution in [0.1, 0.15) is 32.8 Å². The molecule has 19 heavy (non-hydrogen) atoms. The van der Waals surface area contributed by atoms with E-state index in [1.165, 1.54) is 5.56 Å². The minimum atomic E-state index is 0.232. The molecule has 0 amide bonds. The fourth-order valence-corrected chi connectivity index (χ4v) is 2.54. The van der Waals surface area contributed by atoms with E-state index in [2.05, 4.69) is 42.8 Å². The smallest absolute Gasteiger partial charge is 0.128 e. The minimum absolute atomic E-state index is 0.232. The number of morpholine rings is 1. The predicted octanol–water partition coefficient (Wildman–Crippen LogP) is 1.97. The summed E-state index contributed by atoms with van der Waals surface area (Å²) < 4.78 is 5.74. The second kappa shape index (κ2) is 6.35. The molecule has 0 aliphatic carbocycles. The van der Waals surface area contributed by atoms with Gasteiger partial charge in [-0.15, -0.1) is 0 Å². The molecule has 106 valence electrons. The molecule has 1 saturated heterocycles. The molecule has 1 aromatic heterocycles. The molecule has 1 aliphatic rings. The van der Waals surface area contributed by atoms with Gasteiger partial charge in [0.1, 0.15) is 5.82 Å². The summed E-state index contributed by atoms with van der Waals surface area (Å²) in [6, 6.07) is 4.47. The van der Waals surface area contributed by atoms with Crippen LogP contribution in [0.25, 0.3) is 0 Å². The summed E-state index contributed by atoms with van der Waals surface area (Å²) in [5.74, 6) is 1.04. The summed E-state index contributed by atoms with van der Waals surface area (Å²) in [6.45, 7) is 8.15. The Kier molecular flexibility index (Phi) is 4.77. The summed E-state index contributed by atoms with van der Waals surface area (Å²) in [6.07, 6.45) is 4.38. The lowest BCUT2D eigenvalue weighted by molar-refractivity contribution is -0.00545. The highest BCUT2D eigenvalue weighted by atomic mass is 16.5. The lowest BCUT2D eigenvalue weighted by Crippen LogP contribution is -2.45. The van der Waals surface area contributed by atoms with Crippen LogP contribution in [0.2, 0.25) is 0 Å². The molecule has 1 aromatic rings. The van der Waals surface area contributed by atoms with E-state index in [0.29, 0.717) is 0 Å². The minimum Gasteiger partial charge on any atom is -0.372 e. The predicted molar refractivity (Wildman–Crippen MR) is 78.4 cm³/mol. The highest BCUT2D eigenvalue weighted by Crippen LogP contribution is 2.18. The van der Waals surface area contributed by atoms with Crippen LogP contribution in [-0.2, 0) is 11.2 Å². The molecule has 2 heterocycles. The first-order valence-electron chi connectivity index (χ1n) is 7.19. The van der Waals surface area contributed by atoms with Crippen LogP contribution >= 0.6 is 0 Å². The summed E-state index contributed by atoms with van der Waals surface area (Å²) in [5.41, 5.74) is 7.18. The zero-order valence-corrected chi connectivity index (χ0v) is 12.2. The molecule has 3 unspecified atom stereocenters. The topological polar surface area (TPSA) is 51.4 Å². The van der Waals surface area contributed by atoms with Gasteiger partial charge in [0.25, 0.3) is 0 Å². The Morgan fingerprint density at radius 1 is 1.37 bits per heavy atom. The Morgan fingerprint density at radius 3 is 2.58 bits per heavy atom. The third-order valence-corrected chi connectivity index (χ3v) is 3.57. The van der Waals surface area contributed by atoms with Gasteiger partial charge in [-0.2, -0.15) is 0 Å². The van der Waals surface area contributed by atoms with E-state index in [1.54, 1.807) is 0 Å². The number of ether oxygens (including phenoxy) is 1. The average Bonchev–Trinajstić information content (AvgIpc) is 2.38. The largest absolute Gasteiger partial charge is 0.372 e. The van der Waals surface area contributed by atoms with Gasteiger partial charge in [0.05, 0.1) is 12.2 Å². The number of nitrogens with two attached hydrogens (primary N) is 1. The number of rotatable bonds is 4. The average molecular weight is 263 g/mol. The number of nitrogens with zero attached hydrogens (tertiary/aromatic N) is 2. The van der Waals surface area contributed by atoms with E-state index in [1.807, 2.05) is 6.20 Å². The van der Waals surface area contributed by atoms with Crippen molar-refractivity contribution >= 4 is 5.82 Å². The molecule has 1 aliphatic heterocycles. The van der Waals surface area contributed by atoms with Gasteiger partial charge in [-0.05, 0) is 38.3 Å². The maximum atomic E-state index is 5.97. The van der Waals surface area contributed by atoms with Crippen LogP contribution in [0.5, 0.6) is 0 Å². The normalized spacial score (nSPS) is 25.4. The Labute approximate surface area is 116 Å². The van der Waals surface area contributed by atoms with Crippen LogP contribution in [0.3, 0.4) is 0 Å². The maximum absolute atomic E-state index is 5.97. The molecule has 0 aromatic carbocycles. The Morgan fingerprint density at radius 2 is 2.05 bits per heavy atom. The lowest BCUT2D eigenvalue weighted by Gasteiger charge is -2.36. The second-order valence-corrected chi connectivity index (χ2v) is 5.56. The first kappa shape index (κ1) is 14.3. The standard InChI is InChI=1S/C15H25N3O/c1-4-14(16)7-13-5-6-15(17-8-13)18-9-11(2)19-12(3)10-18/h5-6,8,11-12,14H,4,7,9-10,16H2,1-3H3. The van der Waals surface area contributed by atoms with E-state index < -0.39 is 0 Å². The molecule has 4 heteroatoms. The molecular weight excluding hydrogens is 238 g/mol. The highest BCUT2D eigenvalue weighted by molar-refractivity contribution is 5.40.